The first-order valence-corrected chi connectivity index (χ1v) is 13.9. The Balaban J connectivity index is 1.24. The molecule has 4 nitrogen and oxygen atoms in total. The van der Waals surface area contributed by atoms with Crippen LogP contribution in [-0.2, 0) is 6.42 Å². The molecule has 0 aromatic heterocycles. The summed E-state index contributed by atoms with van der Waals surface area (Å²) in [5, 5.41) is 21.4. The molecule has 0 fully saturated rings. The molecule has 0 aliphatic carbocycles. The number of carbonyl (C=O) groups excluding carboxylic acids is 1. The Bertz CT molecular complexity index is 2180. The molecule has 0 radical (unpaired) electrons. The van der Waals surface area contributed by atoms with Crippen molar-refractivity contribution in [1.29, 1.82) is 0 Å². The highest BCUT2D eigenvalue weighted by Gasteiger charge is 2.25. The van der Waals surface area contributed by atoms with Crippen molar-refractivity contribution in [3.63, 3.8) is 0 Å². The van der Waals surface area contributed by atoms with Gasteiger partial charge >= 0.3 is 5.97 Å². The van der Waals surface area contributed by atoms with Gasteiger partial charge in [-0.3, -0.25) is 4.79 Å². The van der Waals surface area contributed by atoms with E-state index in [0.29, 0.717) is 11.1 Å². The third-order valence-corrected chi connectivity index (χ3v) is 9.29. The van der Waals surface area contributed by atoms with Crippen molar-refractivity contribution >= 4 is 72.4 Å². The van der Waals surface area contributed by atoms with Crippen molar-refractivity contribution in [1.82, 2.24) is 0 Å². The van der Waals surface area contributed by atoms with E-state index in [9.17, 15) is 14.7 Å². The van der Waals surface area contributed by atoms with E-state index in [2.05, 4.69) is 47.8 Å². The third kappa shape index (κ3) is 3.34. The maximum absolute atomic E-state index is 13.7. The first-order chi connectivity index (χ1) is 19.6. The minimum Gasteiger partial charge on any atom is -0.478 e. The SMILES string of the molecule is O=C(Nc1ccc2ccc3cccc4ccc1c2c34)c1ccc2c3c(ccc2c1C(=O)O)Sc1ccccc1C3. The highest BCUT2D eigenvalue weighted by Crippen LogP contribution is 2.43. The van der Waals surface area contributed by atoms with Gasteiger partial charge in [0, 0.05) is 27.3 Å². The number of nitrogens with one attached hydrogen (secondary N) is 1. The smallest absolute Gasteiger partial charge is 0.337 e. The summed E-state index contributed by atoms with van der Waals surface area (Å²) in [4.78, 5) is 28.7. The van der Waals surface area contributed by atoms with Gasteiger partial charge in [-0.1, -0.05) is 90.6 Å². The lowest BCUT2D eigenvalue weighted by molar-refractivity contribution is 0.0694. The minimum atomic E-state index is -1.12. The average molecular weight is 536 g/mol. The van der Waals surface area contributed by atoms with Crippen LogP contribution in [0.2, 0.25) is 0 Å². The van der Waals surface area contributed by atoms with Crippen molar-refractivity contribution in [3.05, 3.63) is 125 Å². The molecule has 2 N–H and O–H groups in total. The summed E-state index contributed by atoms with van der Waals surface area (Å²) in [5.41, 5.74) is 3.15. The Morgan fingerprint density at radius 3 is 2.17 bits per heavy atom. The molecular formula is C35H21NO3S. The number of benzene rings is 7. The van der Waals surface area contributed by atoms with Gasteiger partial charge in [0.15, 0.2) is 0 Å². The number of hydrogen-bond donors (Lipinski definition) is 2. The van der Waals surface area contributed by atoms with Crippen LogP contribution in [0, 0.1) is 0 Å². The van der Waals surface area contributed by atoms with Gasteiger partial charge in [0.25, 0.3) is 5.91 Å². The first kappa shape index (κ1) is 23.1. The van der Waals surface area contributed by atoms with Gasteiger partial charge in [-0.2, -0.15) is 0 Å². The molecule has 5 heteroatoms. The van der Waals surface area contributed by atoms with Crippen LogP contribution in [0.3, 0.4) is 0 Å². The van der Waals surface area contributed by atoms with E-state index in [-0.39, 0.29) is 11.1 Å². The monoisotopic (exact) mass is 535 g/mol. The number of fused-ring (bicyclic) bond motifs is 4. The number of rotatable bonds is 3. The standard InChI is InChI=1S/C35H21NO3S/c37-34(36-28-16-11-21-9-8-19-5-3-6-20-10-12-25(28)32(21)31(19)20)26-14-13-23-24(33(26)35(38)39)15-17-30-27(23)18-22-4-1-2-7-29(22)40-30/h1-17H,18H2,(H,36,37)(H,38,39). The summed E-state index contributed by atoms with van der Waals surface area (Å²) in [6, 6.07) is 34.1. The zero-order valence-corrected chi connectivity index (χ0v) is 22.0. The van der Waals surface area contributed by atoms with Gasteiger partial charge in [0.1, 0.15) is 0 Å². The lowest BCUT2D eigenvalue weighted by Gasteiger charge is -2.21. The van der Waals surface area contributed by atoms with Crippen LogP contribution in [0.4, 0.5) is 5.69 Å². The van der Waals surface area contributed by atoms with Crippen LogP contribution in [0.25, 0.3) is 43.1 Å². The van der Waals surface area contributed by atoms with Crippen LogP contribution in [-0.4, -0.2) is 17.0 Å². The Morgan fingerprint density at radius 1 is 0.650 bits per heavy atom. The molecule has 0 spiro atoms. The van der Waals surface area contributed by atoms with Crippen molar-refractivity contribution in [2.45, 2.75) is 16.2 Å². The van der Waals surface area contributed by atoms with Crippen LogP contribution in [0.5, 0.6) is 0 Å². The van der Waals surface area contributed by atoms with Gasteiger partial charge in [-0.15, -0.1) is 0 Å². The quantitative estimate of drug-likeness (QED) is 0.222. The summed E-state index contributed by atoms with van der Waals surface area (Å²) in [6.07, 6.45) is 0.725. The molecule has 0 saturated carbocycles. The van der Waals surface area contributed by atoms with Gasteiger partial charge < -0.3 is 10.4 Å². The summed E-state index contributed by atoms with van der Waals surface area (Å²) in [5.74, 6) is -1.55. The molecule has 7 aromatic rings. The second kappa shape index (κ2) is 8.57. The van der Waals surface area contributed by atoms with Crippen LogP contribution < -0.4 is 5.32 Å². The van der Waals surface area contributed by atoms with E-state index in [1.165, 1.54) is 10.5 Å². The van der Waals surface area contributed by atoms with E-state index >= 15 is 0 Å². The summed E-state index contributed by atoms with van der Waals surface area (Å²) >= 11 is 1.70. The van der Waals surface area contributed by atoms with Gasteiger partial charge in [0.05, 0.1) is 11.1 Å². The van der Waals surface area contributed by atoms with E-state index in [1.54, 1.807) is 17.8 Å². The Morgan fingerprint density at radius 2 is 1.35 bits per heavy atom. The zero-order valence-electron chi connectivity index (χ0n) is 21.2. The van der Waals surface area contributed by atoms with E-state index in [0.717, 1.165) is 54.6 Å². The number of carboxylic acids is 1. The number of aromatic carboxylic acids is 1. The topological polar surface area (TPSA) is 66.4 Å². The average Bonchev–Trinajstić information content (AvgIpc) is 2.98. The van der Waals surface area contributed by atoms with Crippen LogP contribution in [0.15, 0.2) is 113 Å². The molecular weight excluding hydrogens is 514 g/mol. The predicted octanol–water partition coefficient (Wildman–Crippen LogP) is 8.74. The van der Waals surface area contributed by atoms with Crippen molar-refractivity contribution in [2.24, 2.45) is 0 Å². The van der Waals surface area contributed by atoms with Gasteiger partial charge in [0.2, 0.25) is 0 Å². The van der Waals surface area contributed by atoms with Crippen molar-refractivity contribution in [2.75, 3.05) is 5.32 Å². The van der Waals surface area contributed by atoms with E-state index in [4.69, 9.17) is 0 Å². The summed E-state index contributed by atoms with van der Waals surface area (Å²) < 4.78 is 0. The zero-order chi connectivity index (χ0) is 27.0. The molecule has 40 heavy (non-hydrogen) atoms. The van der Waals surface area contributed by atoms with E-state index < -0.39 is 11.9 Å². The lowest BCUT2D eigenvalue weighted by atomic mass is 9.92. The second-order valence-corrected chi connectivity index (χ2v) is 11.3. The summed E-state index contributed by atoms with van der Waals surface area (Å²) in [7, 11) is 0. The fraction of sp³-hybridized carbons (Fsp3) is 0.0286. The van der Waals surface area contributed by atoms with E-state index in [1.807, 2.05) is 54.6 Å². The molecule has 0 unspecified atom stereocenters. The molecule has 0 atom stereocenters. The maximum Gasteiger partial charge on any atom is 0.337 e. The first-order valence-electron chi connectivity index (χ1n) is 13.1. The molecule has 7 aromatic carbocycles. The molecule has 190 valence electrons. The normalized spacial score (nSPS) is 12.6. The van der Waals surface area contributed by atoms with Gasteiger partial charge in [-0.05, 0) is 73.1 Å². The highest BCUT2D eigenvalue weighted by atomic mass is 32.2. The number of carboxylic acid groups (broad SMARTS) is 1. The van der Waals surface area contributed by atoms with Gasteiger partial charge in [-0.25, -0.2) is 4.79 Å². The number of amides is 1. The Hall–Kier alpha value is -4.87. The minimum absolute atomic E-state index is 0.0272. The predicted molar refractivity (Wildman–Crippen MR) is 162 cm³/mol. The highest BCUT2D eigenvalue weighted by molar-refractivity contribution is 7.99. The maximum atomic E-state index is 13.7. The molecule has 1 amide bonds. The second-order valence-electron chi connectivity index (χ2n) is 10.2. The fourth-order valence-electron chi connectivity index (χ4n) is 6.24. The van der Waals surface area contributed by atoms with Crippen LogP contribution in [0.1, 0.15) is 31.8 Å². The van der Waals surface area contributed by atoms with Crippen LogP contribution >= 0.6 is 11.8 Å². The molecule has 0 bridgehead atoms. The Kier molecular flexibility index (Phi) is 4.94. The molecule has 1 aliphatic heterocycles. The molecule has 1 aliphatic rings. The Labute approximate surface area is 233 Å². The third-order valence-electron chi connectivity index (χ3n) is 8.06. The van der Waals surface area contributed by atoms with Crippen molar-refractivity contribution in [3.8, 4) is 0 Å². The largest absolute Gasteiger partial charge is 0.478 e. The molecule has 8 rings (SSSR count). The lowest BCUT2D eigenvalue weighted by Crippen LogP contribution is -2.17. The number of carbonyl (C=O) groups is 2. The fourth-order valence-corrected chi connectivity index (χ4v) is 7.33. The molecule has 1 heterocycles. The number of hydrogen-bond acceptors (Lipinski definition) is 3. The molecule has 0 saturated heterocycles. The number of anilines is 1. The van der Waals surface area contributed by atoms with Crippen molar-refractivity contribution < 1.29 is 14.7 Å². The summed E-state index contributed by atoms with van der Waals surface area (Å²) in [6.45, 7) is 0.